The van der Waals surface area contributed by atoms with E-state index in [9.17, 15) is 14.7 Å². The van der Waals surface area contributed by atoms with E-state index >= 15 is 0 Å². The number of ether oxygens (including phenoxy) is 1. The summed E-state index contributed by atoms with van der Waals surface area (Å²) in [6.07, 6.45) is -0.923. The maximum absolute atomic E-state index is 11.7. The van der Waals surface area contributed by atoms with Gasteiger partial charge in [0.05, 0.1) is 12.0 Å². The molecule has 16 heavy (non-hydrogen) atoms. The predicted molar refractivity (Wildman–Crippen MR) is 55.4 cm³/mol. The number of carbonyl (C=O) groups is 2. The zero-order valence-electron chi connectivity index (χ0n) is 9.90. The fourth-order valence-corrected chi connectivity index (χ4v) is 2.66. The van der Waals surface area contributed by atoms with Crippen LogP contribution in [0.15, 0.2) is 0 Å². The molecule has 2 aliphatic heterocycles. The van der Waals surface area contributed by atoms with Crippen LogP contribution in [-0.4, -0.2) is 34.2 Å². The maximum atomic E-state index is 11.7. The fourth-order valence-electron chi connectivity index (χ4n) is 2.66. The summed E-state index contributed by atoms with van der Waals surface area (Å²) in [7, 11) is 0. The van der Waals surface area contributed by atoms with Crippen molar-refractivity contribution < 1.29 is 19.4 Å². The monoisotopic (exact) mass is 227 g/mol. The van der Waals surface area contributed by atoms with Gasteiger partial charge in [-0.1, -0.05) is 13.8 Å². The SMILES string of the molecule is CC(C)[C@H](O)C12NC(=O)C(C)[C@]1(C)OC2=O. The minimum atomic E-state index is -1.25. The Morgan fingerprint density at radius 2 is 2.00 bits per heavy atom. The highest BCUT2D eigenvalue weighted by molar-refractivity contribution is 6.01. The molecule has 5 heteroatoms. The summed E-state index contributed by atoms with van der Waals surface area (Å²) >= 11 is 0. The number of fused-ring (bicyclic) bond motifs is 1. The van der Waals surface area contributed by atoms with Crippen molar-refractivity contribution in [3.8, 4) is 0 Å². The van der Waals surface area contributed by atoms with Crippen LogP contribution in [0.3, 0.4) is 0 Å². The van der Waals surface area contributed by atoms with Crippen molar-refractivity contribution in [3.05, 3.63) is 0 Å². The average molecular weight is 227 g/mol. The molecule has 2 unspecified atom stereocenters. The molecule has 2 rings (SSSR count). The van der Waals surface area contributed by atoms with Crippen LogP contribution in [0.5, 0.6) is 0 Å². The number of esters is 1. The molecular formula is C11H17NO4. The number of rotatable bonds is 2. The molecule has 0 aliphatic carbocycles. The van der Waals surface area contributed by atoms with Crippen molar-refractivity contribution in [1.29, 1.82) is 0 Å². The molecule has 0 saturated carbocycles. The van der Waals surface area contributed by atoms with Crippen LogP contribution in [0.4, 0.5) is 0 Å². The lowest BCUT2D eigenvalue weighted by Gasteiger charge is -2.53. The average Bonchev–Trinajstić information content (AvgIpc) is 2.36. The van der Waals surface area contributed by atoms with Crippen LogP contribution in [0.2, 0.25) is 0 Å². The van der Waals surface area contributed by atoms with Gasteiger partial charge < -0.3 is 15.2 Å². The highest BCUT2D eigenvalue weighted by Crippen LogP contribution is 2.51. The standard InChI is InChI=1S/C11H17NO4/c1-5(2)7(13)11-9(15)16-10(11,4)6(3)8(14)12-11/h5-7,13H,1-4H3,(H,12,14)/t6?,7-,10-,11?/m0/s1. The van der Waals surface area contributed by atoms with E-state index in [1.807, 2.05) is 0 Å². The van der Waals surface area contributed by atoms with Crippen LogP contribution < -0.4 is 5.32 Å². The molecule has 0 radical (unpaired) electrons. The molecule has 1 amide bonds. The van der Waals surface area contributed by atoms with Gasteiger partial charge in [0.15, 0.2) is 5.60 Å². The summed E-state index contributed by atoms with van der Waals surface area (Å²) in [5.74, 6) is -1.33. The van der Waals surface area contributed by atoms with E-state index in [-0.39, 0.29) is 11.8 Å². The Labute approximate surface area is 94.2 Å². The molecule has 2 heterocycles. The quantitative estimate of drug-likeness (QED) is 0.642. The third-order valence-corrected chi connectivity index (χ3v) is 4.02. The Hall–Kier alpha value is -1.10. The van der Waals surface area contributed by atoms with Gasteiger partial charge in [-0.2, -0.15) is 0 Å². The topological polar surface area (TPSA) is 75.6 Å². The Morgan fingerprint density at radius 3 is 2.38 bits per heavy atom. The van der Waals surface area contributed by atoms with Gasteiger partial charge in [-0.25, -0.2) is 4.79 Å². The van der Waals surface area contributed by atoms with Crippen molar-refractivity contribution >= 4 is 11.9 Å². The number of hydrogen-bond acceptors (Lipinski definition) is 4. The van der Waals surface area contributed by atoms with Crippen LogP contribution in [0.25, 0.3) is 0 Å². The largest absolute Gasteiger partial charge is 0.453 e. The summed E-state index contributed by atoms with van der Waals surface area (Å²) in [6, 6.07) is 0. The summed E-state index contributed by atoms with van der Waals surface area (Å²) in [5.41, 5.74) is -2.18. The van der Waals surface area contributed by atoms with E-state index in [0.29, 0.717) is 0 Å². The molecule has 90 valence electrons. The van der Waals surface area contributed by atoms with Gasteiger partial charge in [0.25, 0.3) is 0 Å². The fraction of sp³-hybridized carbons (Fsp3) is 0.818. The van der Waals surface area contributed by atoms with E-state index < -0.39 is 29.1 Å². The third-order valence-electron chi connectivity index (χ3n) is 4.02. The number of aliphatic hydroxyl groups excluding tert-OH is 1. The molecule has 2 saturated heterocycles. The smallest absolute Gasteiger partial charge is 0.339 e. The first kappa shape index (κ1) is 11.4. The molecule has 0 spiro atoms. The molecule has 0 bridgehead atoms. The Morgan fingerprint density at radius 1 is 1.44 bits per heavy atom. The van der Waals surface area contributed by atoms with E-state index in [4.69, 9.17) is 4.74 Å². The van der Waals surface area contributed by atoms with Crippen LogP contribution in [-0.2, 0) is 14.3 Å². The first-order chi connectivity index (χ1) is 7.27. The molecule has 0 aromatic heterocycles. The van der Waals surface area contributed by atoms with E-state index in [2.05, 4.69) is 5.32 Å². The molecule has 2 N–H and O–H groups in total. The van der Waals surface area contributed by atoms with Crippen molar-refractivity contribution in [2.75, 3.05) is 0 Å². The number of nitrogens with one attached hydrogen (secondary N) is 1. The number of carbonyl (C=O) groups excluding carboxylic acids is 2. The van der Waals surface area contributed by atoms with Gasteiger partial charge in [0.2, 0.25) is 11.4 Å². The highest BCUT2D eigenvalue weighted by atomic mass is 16.6. The number of hydrogen-bond donors (Lipinski definition) is 2. The summed E-state index contributed by atoms with van der Waals surface area (Å²) in [5, 5.41) is 12.8. The first-order valence-corrected chi connectivity index (χ1v) is 5.51. The minimum absolute atomic E-state index is 0.127. The van der Waals surface area contributed by atoms with Crippen LogP contribution in [0.1, 0.15) is 27.7 Å². The lowest BCUT2D eigenvalue weighted by atomic mass is 9.67. The van der Waals surface area contributed by atoms with E-state index in [1.54, 1.807) is 27.7 Å². The molecule has 4 atom stereocenters. The van der Waals surface area contributed by atoms with Gasteiger partial charge in [-0.05, 0) is 19.8 Å². The van der Waals surface area contributed by atoms with Gasteiger partial charge >= 0.3 is 5.97 Å². The third kappa shape index (κ3) is 0.948. The van der Waals surface area contributed by atoms with Crippen molar-refractivity contribution in [3.63, 3.8) is 0 Å². The van der Waals surface area contributed by atoms with Crippen LogP contribution >= 0.6 is 0 Å². The minimum Gasteiger partial charge on any atom is -0.453 e. The zero-order chi connectivity index (χ0) is 12.3. The lowest BCUT2D eigenvalue weighted by molar-refractivity contribution is -0.237. The first-order valence-electron chi connectivity index (χ1n) is 5.51. The summed E-state index contributed by atoms with van der Waals surface area (Å²) < 4.78 is 5.13. The van der Waals surface area contributed by atoms with E-state index in [1.165, 1.54) is 0 Å². The Balaban J connectivity index is 2.45. The molecule has 5 nitrogen and oxygen atoms in total. The second kappa shape index (κ2) is 2.97. The maximum Gasteiger partial charge on any atom is 0.339 e. The predicted octanol–water partition coefficient (Wildman–Crippen LogP) is -0.177. The number of aliphatic hydroxyl groups is 1. The normalized spacial score (nSPS) is 43.5. The molecular weight excluding hydrogens is 210 g/mol. The Kier molecular flexibility index (Phi) is 2.11. The molecule has 0 aromatic rings. The van der Waals surface area contributed by atoms with Crippen molar-refractivity contribution in [2.24, 2.45) is 11.8 Å². The Bertz CT molecular complexity index is 367. The van der Waals surface area contributed by atoms with Gasteiger partial charge in [-0.3, -0.25) is 4.79 Å². The molecule has 2 aliphatic rings. The second-order valence-corrected chi connectivity index (χ2v) is 5.20. The second-order valence-electron chi connectivity index (χ2n) is 5.20. The zero-order valence-corrected chi connectivity index (χ0v) is 9.90. The highest BCUT2D eigenvalue weighted by Gasteiger charge is 2.78. The van der Waals surface area contributed by atoms with Crippen molar-refractivity contribution in [1.82, 2.24) is 5.32 Å². The molecule has 0 aromatic carbocycles. The summed E-state index contributed by atoms with van der Waals surface area (Å²) in [6.45, 7) is 7.01. The lowest BCUT2D eigenvalue weighted by Crippen LogP contribution is -2.79. The van der Waals surface area contributed by atoms with Crippen LogP contribution in [0, 0.1) is 11.8 Å². The number of amides is 1. The van der Waals surface area contributed by atoms with Gasteiger partial charge in [0.1, 0.15) is 0 Å². The summed E-state index contributed by atoms with van der Waals surface area (Å²) in [4.78, 5) is 23.3. The van der Waals surface area contributed by atoms with Gasteiger partial charge in [0, 0.05) is 0 Å². The molecule has 2 fully saturated rings. The van der Waals surface area contributed by atoms with Crippen molar-refractivity contribution in [2.45, 2.75) is 44.9 Å². The van der Waals surface area contributed by atoms with E-state index in [0.717, 1.165) is 0 Å². The van der Waals surface area contributed by atoms with Gasteiger partial charge in [-0.15, -0.1) is 0 Å².